The molecule has 54 heavy (non-hydrogen) atoms. The largest absolute Gasteiger partial charge is 0.530 e. The van der Waals surface area contributed by atoms with Crippen molar-refractivity contribution in [1.82, 2.24) is 5.32 Å². The fourth-order valence-electron chi connectivity index (χ4n) is 4.86. The quantitative estimate of drug-likeness (QED) is 0.0381. The molecule has 0 aliphatic rings. The van der Waals surface area contributed by atoms with Gasteiger partial charge in [0.25, 0.3) is 0 Å². The molecule has 0 fully saturated rings. The number of benzene rings is 3. The maximum absolute atomic E-state index is 14.4. The summed E-state index contributed by atoms with van der Waals surface area (Å²) in [5.41, 5.74) is 1.40. The number of para-hydroxylation sites is 1. The topological polar surface area (TPSA) is 162 Å². The molecule has 0 heterocycles. The van der Waals surface area contributed by atoms with Gasteiger partial charge in [-0.25, -0.2) is 14.2 Å². The number of hydrogen-bond acceptors (Lipinski definition) is 12. The lowest BCUT2D eigenvalue weighted by molar-refractivity contribution is -0.161. The highest BCUT2D eigenvalue weighted by Crippen LogP contribution is 2.51. The normalized spacial score (nSPS) is 13.7. The average Bonchev–Trinajstić information content (AvgIpc) is 3.17. The van der Waals surface area contributed by atoms with Gasteiger partial charge in [-0.15, -0.1) is 0 Å². The molecule has 1 unspecified atom stereocenters. The van der Waals surface area contributed by atoms with Crippen LogP contribution in [-0.2, 0) is 60.2 Å². The summed E-state index contributed by atoms with van der Waals surface area (Å²) in [6.07, 6.45) is 1.50. The Hall–Kier alpha value is -4.71. The van der Waals surface area contributed by atoms with Crippen LogP contribution in [0.2, 0.25) is 0 Å². The first-order chi connectivity index (χ1) is 26.1. The summed E-state index contributed by atoms with van der Waals surface area (Å²) in [4.78, 5) is 51.6. The summed E-state index contributed by atoms with van der Waals surface area (Å²) in [6, 6.07) is 24.3. The first-order valence-corrected chi connectivity index (χ1v) is 19.8. The maximum atomic E-state index is 14.4. The molecular formula is C40H52NO12P. The van der Waals surface area contributed by atoms with Crippen molar-refractivity contribution >= 4 is 31.8 Å². The minimum atomic E-state index is -4.70. The molecule has 294 valence electrons. The van der Waals surface area contributed by atoms with Crippen molar-refractivity contribution in [3.05, 3.63) is 102 Å². The zero-order valence-electron chi connectivity index (χ0n) is 31.2. The summed E-state index contributed by atoms with van der Waals surface area (Å²) < 4.78 is 53.5. The monoisotopic (exact) mass is 769 g/mol. The first kappa shape index (κ1) is 43.7. The zero-order chi connectivity index (χ0) is 39.0. The molecule has 0 spiro atoms. The van der Waals surface area contributed by atoms with Crippen LogP contribution in [-0.4, -0.2) is 55.5 Å². The fraction of sp³-hybridized carbons (Fsp3) is 0.450. The van der Waals surface area contributed by atoms with Crippen LogP contribution in [0.1, 0.15) is 83.3 Å². The SMILES string of the molecule is CCCCCC(=O)OC[C@H](COP(=O)(Oc1ccccc1)O[C@H](C)[C@H](NC(=O)OCc1ccccc1)C(=O)OCc1ccccc1)OC(=O)CCCCC. The number of esters is 3. The average molecular weight is 770 g/mol. The van der Waals surface area contributed by atoms with Gasteiger partial charge in [0.2, 0.25) is 0 Å². The number of ether oxygens (including phenoxy) is 4. The van der Waals surface area contributed by atoms with Crippen LogP contribution in [0.3, 0.4) is 0 Å². The molecule has 3 rings (SSSR count). The molecule has 0 bridgehead atoms. The Morgan fingerprint density at radius 1 is 0.667 bits per heavy atom. The summed E-state index contributed by atoms with van der Waals surface area (Å²) in [7, 11) is -4.70. The predicted octanol–water partition coefficient (Wildman–Crippen LogP) is 8.25. The van der Waals surface area contributed by atoms with Gasteiger partial charge in [0, 0.05) is 12.8 Å². The Kier molecular flexibility index (Phi) is 19.9. The van der Waals surface area contributed by atoms with Crippen LogP contribution in [0, 0.1) is 0 Å². The highest BCUT2D eigenvalue weighted by atomic mass is 31.2. The van der Waals surface area contributed by atoms with E-state index in [4.69, 9.17) is 32.5 Å². The zero-order valence-corrected chi connectivity index (χ0v) is 32.1. The first-order valence-electron chi connectivity index (χ1n) is 18.3. The maximum Gasteiger partial charge on any atom is 0.530 e. The minimum Gasteiger partial charge on any atom is -0.462 e. The Balaban J connectivity index is 1.81. The lowest BCUT2D eigenvalue weighted by atomic mass is 10.2. The van der Waals surface area contributed by atoms with Crippen molar-refractivity contribution in [2.45, 2.75) is 104 Å². The van der Waals surface area contributed by atoms with Gasteiger partial charge in [-0.1, -0.05) is 118 Å². The summed E-state index contributed by atoms with van der Waals surface area (Å²) in [5.74, 6) is -1.84. The number of phosphoric acid groups is 1. The van der Waals surface area contributed by atoms with Gasteiger partial charge >= 0.3 is 31.8 Å². The van der Waals surface area contributed by atoms with Gasteiger partial charge < -0.3 is 28.8 Å². The molecule has 1 amide bonds. The number of nitrogens with one attached hydrogen (secondary N) is 1. The number of carbonyl (C=O) groups excluding carboxylic acids is 4. The van der Waals surface area contributed by atoms with Gasteiger partial charge in [-0.3, -0.25) is 18.6 Å². The molecule has 13 nitrogen and oxygen atoms in total. The molecule has 14 heteroatoms. The molecule has 0 saturated heterocycles. The number of amides is 1. The van der Waals surface area contributed by atoms with Crippen molar-refractivity contribution in [3.63, 3.8) is 0 Å². The summed E-state index contributed by atoms with van der Waals surface area (Å²) in [6.45, 7) is 4.25. The van der Waals surface area contributed by atoms with Crippen LogP contribution in [0.15, 0.2) is 91.0 Å². The molecule has 0 aliphatic heterocycles. The summed E-state index contributed by atoms with van der Waals surface area (Å²) in [5, 5.41) is 2.46. The number of phosphoric ester groups is 1. The fourth-order valence-corrected chi connectivity index (χ4v) is 6.28. The third-order valence-electron chi connectivity index (χ3n) is 7.80. The molecule has 1 N–H and O–H groups in total. The van der Waals surface area contributed by atoms with E-state index in [1.54, 1.807) is 66.7 Å². The third-order valence-corrected chi connectivity index (χ3v) is 9.30. The van der Waals surface area contributed by atoms with Gasteiger partial charge in [0.15, 0.2) is 12.1 Å². The Morgan fingerprint density at radius 2 is 1.20 bits per heavy atom. The van der Waals surface area contributed by atoms with Gasteiger partial charge in [-0.2, -0.15) is 0 Å². The Labute approximate surface area is 317 Å². The number of unbranched alkanes of at least 4 members (excludes halogenated alkanes) is 4. The highest BCUT2D eigenvalue weighted by molar-refractivity contribution is 7.49. The van der Waals surface area contributed by atoms with Crippen LogP contribution < -0.4 is 9.84 Å². The number of alkyl carbamates (subject to hydrolysis) is 1. The summed E-state index contributed by atoms with van der Waals surface area (Å²) >= 11 is 0. The molecule has 0 aliphatic carbocycles. The molecule has 0 aromatic heterocycles. The van der Waals surface area contributed by atoms with Crippen molar-refractivity contribution in [2.24, 2.45) is 0 Å². The van der Waals surface area contributed by atoms with Crippen LogP contribution in [0.4, 0.5) is 4.79 Å². The molecular weight excluding hydrogens is 717 g/mol. The number of carbonyl (C=O) groups is 4. The van der Waals surface area contributed by atoms with Gasteiger partial charge in [0.1, 0.15) is 32.2 Å². The lowest BCUT2D eigenvalue weighted by Crippen LogP contribution is -2.49. The molecule has 3 aromatic rings. The van der Waals surface area contributed by atoms with E-state index < -0.39 is 56.7 Å². The lowest BCUT2D eigenvalue weighted by Gasteiger charge is -2.28. The molecule has 0 saturated carbocycles. The second-order valence-electron chi connectivity index (χ2n) is 12.4. The van der Waals surface area contributed by atoms with Crippen LogP contribution in [0.5, 0.6) is 5.75 Å². The van der Waals surface area contributed by atoms with Gasteiger partial charge in [0.05, 0.1) is 6.10 Å². The van der Waals surface area contributed by atoms with Crippen molar-refractivity contribution < 1.29 is 56.3 Å². The van der Waals surface area contributed by atoms with Gasteiger partial charge in [-0.05, 0) is 43.0 Å². The van der Waals surface area contributed by atoms with E-state index in [1.807, 2.05) is 26.0 Å². The number of rotatable bonds is 25. The second-order valence-corrected chi connectivity index (χ2v) is 14.0. The van der Waals surface area contributed by atoms with E-state index in [2.05, 4.69) is 5.32 Å². The van der Waals surface area contributed by atoms with E-state index >= 15 is 0 Å². The minimum absolute atomic E-state index is 0.0891. The van der Waals surface area contributed by atoms with E-state index in [0.717, 1.165) is 25.7 Å². The third kappa shape index (κ3) is 17.4. The predicted molar refractivity (Wildman–Crippen MR) is 200 cm³/mol. The smallest absolute Gasteiger partial charge is 0.462 e. The highest BCUT2D eigenvalue weighted by Gasteiger charge is 2.39. The number of hydrogen-bond donors (Lipinski definition) is 1. The van der Waals surface area contributed by atoms with Crippen molar-refractivity contribution in [1.29, 1.82) is 0 Å². The van der Waals surface area contributed by atoms with Crippen molar-refractivity contribution in [3.8, 4) is 5.75 Å². The van der Waals surface area contributed by atoms with Crippen LogP contribution in [0.25, 0.3) is 0 Å². The molecule has 4 atom stereocenters. The molecule has 3 aromatic carbocycles. The molecule has 0 radical (unpaired) electrons. The van der Waals surface area contributed by atoms with Crippen LogP contribution >= 0.6 is 7.82 Å². The Morgan fingerprint density at radius 3 is 1.78 bits per heavy atom. The standard InChI is InChI=1S/C40H52NO12P/c1-4-6-11-25-36(42)47-29-35(51-37(43)26-12-7-5-2)30-50-54(46,53-34-23-17-10-18-24-34)52-31(3)38(39(44)48-27-32-19-13-8-14-20-32)41-40(45)49-28-33-21-15-9-16-22-33/h8-10,13-24,31,35,38H,4-7,11-12,25-30H2,1-3H3,(H,41,45)/t31-,35-,38+,54?/m1/s1. The van der Waals surface area contributed by atoms with Crippen molar-refractivity contribution in [2.75, 3.05) is 13.2 Å². The van der Waals surface area contributed by atoms with E-state index in [-0.39, 0.29) is 38.4 Å². The second kappa shape index (κ2) is 24.6. The van der Waals surface area contributed by atoms with E-state index in [1.165, 1.54) is 19.1 Å². The Bertz CT molecular complexity index is 1590. The van der Waals surface area contributed by atoms with E-state index in [9.17, 15) is 23.7 Å². The van der Waals surface area contributed by atoms with E-state index in [0.29, 0.717) is 24.0 Å².